The fourth-order valence-corrected chi connectivity index (χ4v) is 8.99. The van der Waals surface area contributed by atoms with Crippen molar-refractivity contribution in [2.24, 2.45) is 11.8 Å². The van der Waals surface area contributed by atoms with Crippen LogP contribution in [0, 0.1) is 24.0 Å². The maximum Gasteiger partial charge on any atom is 0.216 e. The van der Waals surface area contributed by atoms with Crippen molar-refractivity contribution in [2.45, 2.75) is 86.4 Å². The fourth-order valence-electron chi connectivity index (χ4n) is 7.41. The summed E-state index contributed by atoms with van der Waals surface area (Å²) in [6.07, 6.45) is 4.16. The molecule has 0 fully saturated rings. The zero-order valence-electron chi connectivity index (χ0n) is 35.0. The Kier molecular flexibility index (Phi) is 12.5. The summed E-state index contributed by atoms with van der Waals surface area (Å²) in [5.74, 6) is 2.01. The van der Waals surface area contributed by atoms with Crippen molar-refractivity contribution in [2.75, 3.05) is 0 Å². The van der Waals surface area contributed by atoms with Gasteiger partial charge in [-0.15, -0.1) is 54.1 Å². The van der Waals surface area contributed by atoms with E-state index in [0.29, 0.717) is 17.5 Å². The molecular formula is C50H54IrN4OSi-2. The second kappa shape index (κ2) is 17.0. The van der Waals surface area contributed by atoms with Gasteiger partial charge in [0.25, 0.3) is 0 Å². The minimum Gasteiger partial charge on any atom is -0.486 e. The average Bonchev–Trinajstić information content (AvgIpc) is 3.73. The summed E-state index contributed by atoms with van der Waals surface area (Å²) in [4.78, 5) is 14.6. The minimum atomic E-state index is -1.34. The van der Waals surface area contributed by atoms with E-state index in [0.717, 1.165) is 74.3 Å². The molecule has 0 bridgehead atoms. The Morgan fingerprint density at radius 1 is 0.754 bits per heavy atom. The van der Waals surface area contributed by atoms with Crippen LogP contribution in [0.25, 0.3) is 61.4 Å². The number of nitrogens with zero attached hydrogens (tertiary/aromatic N) is 4. The number of aromatic nitrogens is 4. The normalized spacial score (nSPS) is 12.0. The third-order valence-electron chi connectivity index (χ3n) is 10.2. The second-order valence-electron chi connectivity index (χ2n) is 17.9. The van der Waals surface area contributed by atoms with Gasteiger partial charge in [0.15, 0.2) is 0 Å². The van der Waals surface area contributed by atoms with Crippen molar-refractivity contribution in [1.29, 1.82) is 0 Å². The molecule has 4 aromatic carbocycles. The number of hydrogen-bond acceptors (Lipinski definition) is 4. The third kappa shape index (κ3) is 9.22. The molecule has 7 heteroatoms. The fraction of sp³-hybridized carbons (Fsp3) is 0.300. The largest absolute Gasteiger partial charge is 0.486 e. The Morgan fingerprint density at radius 3 is 2.14 bits per heavy atom. The molecule has 0 spiro atoms. The van der Waals surface area contributed by atoms with Gasteiger partial charge in [0.2, 0.25) is 5.71 Å². The van der Waals surface area contributed by atoms with E-state index < -0.39 is 8.07 Å². The van der Waals surface area contributed by atoms with E-state index in [9.17, 15) is 0 Å². The molecule has 0 N–H and O–H groups in total. The molecule has 57 heavy (non-hydrogen) atoms. The summed E-state index contributed by atoms with van der Waals surface area (Å²) in [5.41, 5.74) is 11.4. The quantitative estimate of drug-likeness (QED) is 0.112. The van der Waals surface area contributed by atoms with Crippen LogP contribution in [0.3, 0.4) is 0 Å². The van der Waals surface area contributed by atoms with E-state index >= 15 is 0 Å². The molecule has 0 atom stereocenters. The first-order chi connectivity index (χ1) is 26.7. The summed E-state index contributed by atoms with van der Waals surface area (Å²) in [6.45, 7) is 22.8. The molecule has 4 aromatic heterocycles. The SMILES string of the molecule is CC(C)Cc1cc(-c2[c-]cccc2)ncc1[Si](C)(C)C.CC(C)Cc1ccc2c(n1)oc1c(-c3nc4ccccc4n3-c3ccc(C(C)(C)C)cc3)[c-]ccc12.[Ir]. The van der Waals surface area contributed by atoms with Crippen LogP contribution in [0.2, 0.25) is 19.6 Å². The molecule has 0 saturated heterocycles. The van der Waals surface area contributed by atoms with Gasteiger partial charge < -0.3 is 14.0 Å². The van der Waals surface area contributed by atoms with Crippen LogP contribution in [-0.4, -0.2) is 27.6 Å². The van der Waals surface area contributed by atoms with Gasteiger partial charge in [-0.3, -0.25) is 4.98 Å². The van der Waals surface area contributed by atoms with Crippen LogP contribution in [0.4, 0.5) is 0 Å². The van der Waals surface area contributed by atoms with Crippen molar-refractivity contribution >= 4 is 46.4 Å². The van der Waals surface area contributed by atoms with Crippen LogP contribution in [-0.2, 0) is 38.4 Å². The molecule has 0 aliphatic carbocycles. The van der Waals surface area contributed by atoms with Gasteiger partial charge in [0.05, 0.1) is 30.5 Å². The van der Waals surface area contributed by atoms with E-state index in [1.807, 2.05) is 30.3 Å². The molecule has 0 aliphatic rings. The zero-order valence-corrected chi connectivity index (χ0v) is 38.4. The van der Waals surface area contributed by atoms with E-state index in [4.69, 9.17) is 14.4 Å². The first-order valence-corrected chi connectivity index (χ1v) is 23.5. The summed E-state index contributed by atoms with van der Waals surface area (Å²) in [7, 11) is -1.34. The number of hydrogen-bond donors (Lipinski definition) is 0. The molecule has 8 rings (SSSR count). The molecule has 0 unspecified atom stereocenters. The van der Waals surface area contributed by atoms with Gasteiger partial charge in [0.1, 0.15) is 0 Å². The molecule has 1 radical (unpaired) electrons. The predicted molar refractivity (Wildman–Crippen MR) is 238 cm³/mol. The summed E-state index contributed by atoms with van der Waals surface area (Å²) in [6, 6.07) is 42.3. The molecule has 5 nitrogen and oxygen atoms in total. The Labute approximate surface area is 353 Å². The van der Waals surface area contributed by atoms with Gasteiger partial charge in [-0.2, -0.15) is 0 Å². The van der Waals surface area contributed by atoms with Crippen LogP contribution in [0.5, 0.6) is 0 Å². The third-order valence-corrected chi connectivity index (χ3v) is 12.2. The number of rotatable bonds is 8. The van der Waals surface area contributed by atoms with Crippen molar-refractivity contribution in [3.05, 3.63) is 138 Å². The molecule has 0 saturated carbocycles. The van der Waals surface area contributed by atoms with Crippen molar-refractivity contribution in [3.8, 4) is 28.3 Å². The number of benzene rings is 4. The topological polar surface area (TPSA) is 56.7 Å². The molecule has 295 valence electrons. The second-order valence-corrected chi connectivity index (χ2v) is 22.9. The van der Waals surface area contributed by atoms with Crippen molar-refractivity contribution in [3.63, 3.8) is 0 Å². The number of imidazole rings is 1. The predicted octanol–water partition coefficient (Wildman–Crippen LogP) is 12.6. The van der Waals surface area contributed by atoms with Crippen LogP contribution in [0.1, 0.15) is 65.3 Å². The summed E-state index contributed by atoms with van der Waals surface area (Å²) < 4.78 is 8.62. The van der Waals surface area contributed by atoms with Crippen molar-refractivity contribution < 1.29 is 24.5 Å². The maximum absolute atomic E-state index is 6.42. The maximum atomic E-state index is 6.42. The van der Waals surface area contributed by atoms with Crippen LogP contribution < -0.4 is 5.19 Å². The van der Waals surface area contributed by atoms with Gasteiger partial charge in [0, 0.05) is 43.1 Å². The van der Waals surface area contributed by atoms with Gasteiger partial charge >= 0.3 is 0 Å². The Morgan fingerprint density at radius 2 is 1.47 bits per heavy atom. The van der Waals surface area contributed by atoms with E-state index in [-0.39, 0.29) is 25.5 Å². The van der Waals surface area contributed by atoms with Gasteiger partial charge in [-0.1, -0.05) is 115 Å². The molecule has 4 heterocycles. The van der Waals surface area contributed by atoms with E-state index in [1.54, 1.807) is 0 Å². The van der Waals surface area contributed by atoms with Crippen LogP contribution >= 0.6 is 0 Å². The Bertz CT molecular complexity index is 2610. The molecular weight excluding hydrogens is 893 g/mol. The smallest absolute Gasteiger partial charge is 0.216 e. The standard InChI is InChI=1S/C32H30N3O.C18H24NSi.Ir/c1-20(2)19-22-15-18-25-24-9-8-10-26(29(24)36-31(25)33-22)30-34-27-11-6-7-12-28(27)35(30)23-16-13-21(14-17-23)32(3,4)5;1-14(2)11-16-12-17(15-9-7-6-8-10-15)19-13-18(16)20(3,4)5;/h6-9,11-18,20H,19H2,1-5H3;6-9,12-14H,11H2,1-5H3;/q2*-1;. The number of para-hydroxylation sites is 2. The van der Waals surface area contributed by atoms with Gasteiger partial charge in [-0.25, -0.2) is 4.98 Å². The summed E-state index contributed by atoms with van der Waals surface area (Å²) in [5, 5.41) is 3.54. The molecule has 8 aromatic rings. The van der Waals surface area contributed by atoms with Gasteiger partial charge in [-0.05, 0) is 82.9 Å². The molecule has 0 amide bonds. The van der Waals surface area contributed by atoms with Crippen LogP contribution in [0.15, 0.2) is 114 Å². The number of fused-ring (bicyclic) bond motifs is 4. The zero-order chi connectivity index (χ0) is 39.8. The Balaban J connectivity index is 0.000000223. The monoisotopic (exact) mass is 947 g/mol. The molecule has 0 aliphatic heterocycles. The first-order valence-electron chi connectivity index (χ1n) is 20.0. The van der Waals surface area contributed by atoms with E-state index in [2.05, 4.69) is 169 Å². The first kappa shape index (κ1) is 41.9. The average molecular weight is 947 g/mol. The van der Waals surface area contributed by atoms with E-state index in [1.165, 1.54) is 16.3 Å². The van der Waals surface area contributed by atoms with Crippen molar-refractivity contribution in [1.82, 2.24) is 19.5 Å². The summed E-state index contributed by atoms with van der Waals surface area (Å²) >= 11 is 0. The number of pyridine rings is 2. The Hall–Kier alpha value is -4.68. The minimum absolute atomic E-state index is 0. The number of furan rings is 1.